The Labute approximate surface area is 73.6 Å². The van der Waals surface area contributed by atoms with Crippen LogP contribution in [0.2, 0.25) is 0 Å². The van der Waals surface area contributed by atoms with Gasteiger partial charge < -0.3 is 4.74 Å². The molecule has 0 unspecified atom stereocenters. The number of methoxy groups -OCH3 is 1. The van der Waals surface area contributed by atoms with E-state index in [1.54, 1.807) is 14.0 Å². The van der Waals surface area contributed by atoms with E-state index < -0.39 is 10.0 Å². The van der Waals surface area contributed by atoms with E-state index >= 15 is 0 Å². The second-order valence-corrected chi connectivity index (χ2v) is 5.16. The SMILES string of the molecule is CCS(=O)(=O)N1CC[C@@H](OC)C1. The second kappa shape index (κ2) is 3.72. The maximum Gasteiger partial charge on any atom is 0.213 e. The van der Waals surface area contributed by atoms with Gasteiger partial charge in [-0.1, -0.05) is 0 Å². The standard InChI is InChI=1S/C7H15NO3S/c1-3-12(9,10)8-5-4-7(6-8)11-2/h7H,3-6H2,1-2H3/t7-/m1/s1. The maximum absolute atomic E-state index is 11.3. The fourth-order valence-electron chi connectivity index (χ4n) is 1.33. The molecular weight excluding hydrogens is 178 g/mol. The zero-order valence-corrected chi connectivity index (χ0v) is 8.30. The van der Waals surface area contributed by atoms with Gasteiger partial charge in [-0.3, -0.25) is 0 Å². The molecule has 4 nitrogen and oxygen atoms in total. The highest BCUT2D eigenvalue weighted by atomic mass is 32.2. The van der Waals surface area contributed by atoms with Gasteiger partial charge in [0.15, 0.2) is 0 Å². The maximum atomic E-state index is 11.3. The number of nitrogens with zero attached hydrogens (tertiary/aromatic N) is 1. The smallest absolute Gasteiger partial charge is 0.213 e. The minimum absolute atomic E-state index is 0.0892. The summed E-state index contributed by atoms with van der Waals surface area (Å²) < 4.78 is 29.2. The first kappa shape index (κ1) is 9.95. The van der Waals surface area contributed by atoms with E-state index in [2.05, 4.69) is 0 Å². The van der Waals surface area contributed by atoms with E-state index in [9.17, 15) is 8.42 Å². The molecular formula is C7H15NO3S. The Hall–Kier alpha value is -0.130. The van der Waals surface area contributed by atoms with Crippen molar-refractivity contribution in [3.63, 3.8) is 0 Å². The molecule has 72 valence electrons. The normalized spacial score (nSPS) is 26.3. The van der Waals surface area contributed by atoms with E-state index in [0.29, 0.717) is 13.1 Å². The molecule has 0 spiro atoms. The lowest BCUT2D eigenvalue weighted by atomic mass is 10.3. The van der Waals surface area contributed by atoms with Gasteiger partial charge in [0.05, 0.1) is 11.9 Å². The molecule has 5 heteroatoms. The Bertz CT molecular complexity index is 237. The first-order valence-electron chi connectivity index (χ1n) is 4.10. The van der Waals surface area contributed by atoms with Crippen LogP contribution in [0.5, 0.6) is 0 Å². The van der Waals surface area contributed by atoms with Crippen LogP contribution in [0.1, 0.15) is 13.3 Å². The van der Waals surface area contributed by atoms with Crippen LogP contribution < -0.4 is 0 Å². The van der Waals surface area contributed by atoms with Gasteiger partial charge in [0.1, 0.15) is 0 Å². The molecule has 0 amide bonds. The van der Waals surface area contributed by atoms with Crippen molar-refractivity contribution in [1.82, 2.24) is 4.31 Å². The zero-order valence-electron chi connectivity index (χ0n) is 7.49. The summed E-state index contributed by atoms with van der Waals surface area (Å²) in [5, 5.41) is 0. The molecule has 1 heterocycles. The van der Waals surface area contributed by atoms with E-state index in [4.69, 9.17) is 4.74 Å². The summed E-state index contributed by atoms with van der Waals surface area (Å²) in [6.45, 7) is 2.79. The van der Waals surface area contributed by atoms with Gasteiger partial charge in [-0.05, 0) is 13.3 Å². The third kappa shape index (κ3) is 1.97. The van der Waals surface area contributed by atoms with Crippen LogP contribution >= 0.6 is 0 Å². The molecule has 0 aliphatic carbocycles. The van der Waals surface area contributed by atoms with E-state index in [1.165, 1.54) is 4.31 Å². The molecule has 1 atom stereocenters. The molecule has 0 aromatic heterocycles. The summed E-state index contributed by atoms with van der Waals surface area (Å²) in [5.41, 5.74) is 0. The Morgan fingerprint density at radius 3 is 2.67 bits per heavy atom. The molecule has 0 aromatic carbocycles. The Morgan fingerprint density at radius 2 is 2.25 bits per heavy atom. The average molecular weight is 193 g/mol. The summed E-state index contributed by atoms with van der Waals surface area (Å²) in [5.74, 6) is 0.184. The van der Waals surface area contributed by atoms with Crippen LogP contribution in [-0.4, -0.2) is 44.8 Å². The number of rotatable bonds is 3. The monoisotopic (exact) mass is 193 g/mol. The molecule has 1 rings (SSSR count). The van der Waals surface area contributed by atoms with E-state index in [1.807, 2.05) is 0 Å². The van der Waals surface area contributed by atoms with Crippen molar-refractivity contribution in [1.29, 1.82) is 0 Å². The fourth-order valence-corrected chi connectivity index (χ4v) is 2.47. The van der Waals surface area contributed by atoms with E-state index in [0.717, 1.165) is 6.42 Å². The van der Waals surface area contributed by atoms with Gasteiger partial charge in [0.25, 0.3) is 0 Å². The first-order valence-corrected chi connectivity index (χ1v) is 5.71. The lowest BCUT2D eigenvalue weighted by Gasteiger charge is -2.14. The highest BCUT2D eigenvalue weighted by Gasteiger charge is 2.29. The topological polar surface area (TPSA) is 46.6 Å². The van der Waals surface area contributed by atoms with Crippen LogP contribution in [0.4, 0.5) is 0 Å². The quantitative estimate of drug-likeness (QED) is 0.636. The van der Waals surface area contributed by atoms with E-state index in [-0.39, 0.29) is 11.9 Å². The Balaban J connectivity index is 2.58. The van der Waals surface area contributed by atoms with Gasteiger partial charge in [0, 0.05) is 20.2 Å². The van der Waals surface area contributed by atoms with Gasteiger partial charge in [-0.2, -0.15) is 4.31 Å². The predicted molar refractivity (Wildman–Crippen MR) is 46.4 cm³/mol. The van der Waals surface area contributed by atoms with Crippen LogP contribution in [0.3, 0.4) is 0 Å². The van der Waals surface area contributed by atoms with Gasteiger partial charge >= 0.3 is 0 Å². The largest absolute Gasteiger partial charge is 0.380 e. The Kier molecular flexibility index (Phi) is 3.09. The molecule has 0 radical (unpaired) electrons. The molecule has 0 bridgehead atoms. The predicted octanol–water partition coefficient (Wildman–Crippen LogP) is 0.0568. The summed E-state index contributed by atoms with van der Waals surface area (Å²) in [7, 11) is -1.37. The molecule has 0 saturated carbocycles. The third-order valence-corrected chi connectivity index (χ3v) is 4.05. The second-order valence-electron chi connectivity index (χ2n) is 2.90. The minimum Gasteiger partial charge on any atom is -0.380 e. The Morgan fingerprint density at radius 1 is 1.58 bits per heavy atom. The lowest BCUT2D eigenvalue weighted by Crippen LogP contribution is -2.31. The van der Waals surface area contributed by atoms with Gasteiger partial charge in [-0.25, -0.2) is 8.42 Å². The van der Waals surface area contributed by atoms with Crippen molar-refractivity contribution >= 4 is 10.0 Å². The highest BCUT2D eigenvalue weighted by Crippen LogP contribution is 2.15. The van der Waals surface area contributed by atoms with Gasteiger partial charge in [0.2, 0.25) is 10.0 Å². The molecule has 1 aliphatic rings. The third-order valence-electron chi connectivity index (χ3n) is 2.20. The summed E-state index contributed by atoms with van der Waals surface area (Å²) in [4.78, 5) is 0. The molecule has 0 N–H and O–H groups in total. The molecule has 0 aromatic rings. The minimum atomic E-state index is -2.99. The number of sulfonamides is 1. The zero-order chi connectivity index (χ0) is 9.19. The van der Waals surface area contributed by atoms with Crippen molar-refractivity contribution < 1.29 is 13.2 Å². The molecule has 1 aliphatic heterocycles. The van der Waals surface area contributed by atoms with Crippen molar-refractivity contribution in [3.05, 3.63) is 0 Å². The molecule has 1 saturated heterocycles. The van der Waals surface area contributed by atoms with Crippen LogP contribution in [0.15, 0.2) is 0 Å². The van der Waals surface area contributed by atoms with Crippen molar-refractivity contribution in [2.75, 3.05) is 26.0 Å². The van der Waals surface area contributed by atoms with Gasteiger partial charge in [-0.15, -0.1) is 0 Å². The van der Waals surface area contributed by atoms with Crippen LogP contribution in [0, 0.1) is 0 Å². The summed E-state index contributed by atoms with van der Waals surface area (Å²) >= 11 is 0. The van der Waals surface area contributed by atoms with Crippen molar-refractivity contribution in [2.24, 2.45) is 0 Å². The van der Waals surface area contributed by atoms with Crippen LogP contribution in [-0.2, 0) is 14.8 Å². The average Bonchev–Trinajstić information content (AvgIpc) is 2.52. The summed E-state index contributed by atoms with van der Waals surface area (Å²) in [6.07, 6.45) is 0.904. The van der Waals surface area contributed by atoms with Crippen molar-refractivity contribution in [2.45, 2.75) is 19.4 Å². The first-order chi connectivity index (χ1) is 5.60. The lowest BCUT2D eigenvalue weighted by molar-refractivity contribution is 0.115. The summed E-state index contributed by atoms with van der Waals surface area (Å²) in [6, 6.07) is 0. The molecule has 12 heavy (non-hydrogen) atoms. The number of ether oxygens (including phenoxy) is 1. The highest BCUT2D eigenvalue weighted by molar-refractivity contribution is 7.89. The van der Waals surface area contributed by atoms with Crippen LogP contribution in [0.25, 0.3) is 0 Å². The number of hydrogen-bond acceptors (Lipinski definition) is 3. The molecule has 1 fully saturated rings. The van der Waals surface area contributed by atoms with Crippen molar-refractivity contribution in [3.8, 4) is 0 Å². The fraction of sp³-hybridized carbons (Fsp3) is 1.00. The number of hydrogen-bond donors (Lipinski definition) is 0.